The normalized spacial score (nSPS) is 11.0. The Hall–Kier alpha value is -4.03. The Morgan fingerprint density at radius 2 is 1.63 bits per heavy atom. The highest BCUT2D eigenvalue weighted by Gasteiger charge is 2.18. The molecule has 0 aliphatic heterocycles. The van der Waals surface area contributed by atoms with Crippen LogP contribution in [0.15, 0.2) is 95.8 Å². The van der Waals surface area contributed by atoms with Gasteiger partial charge >= 0.3 is 0 Å². The molecule has 0 spiro atoms. The number of thiazole rings is 1. The molecule has 0 radical (unpaired) electrons. The number of hydrogen-bond acceptors (Lipinski definition) is 5. The summed E-state index contributed by atoms with van der Waals surface area (Å²) < 4.78 is 7.52. The molecular weight excluding hydrogens is 456 g/mol. The van der Waals surface area contributed by atoms with Crippen LogP contribution in [0.1, 0.15) is 32.9 Å². The number of aryl methyl sites for hydroxylation is 2. The van der Waals surface area contributed by atoms with Crippen LogP contribution in [0.2, 0.25) is 0 Å². The second-order valence-electron chi connectivity index (χ2n) is 8.32. The number of aromatic nitrogens is 2. The Morgan fingerprint density at radius 1 is 0.914 bits per heavy atom. The van der Waals surface area contributed by atoms with Gasteiger partial charge in [0.05, 0.1) is 16.1 Å². The van der Waals surface area contributed by atoms with Crippen LogP contribution in [0.5, 0.6) is 5.75 Å². The minimum atomic E-state index is -0.188. The van der Waals surface area contributed by atoms with Crippen LogP contribution < -0.4 is 10.3 Å². The molecule has 5 nitrogen and oxygen atoms in total. The van der Waals surface area contributed by atoms with Gasteiger partial charge in [-0.2, -0.15) is 0 Å². The Bertz CT molecular complexity index is 1540. The third kappa shape index (κ3) is 5.08. The Labute approximate surface area is 207 Å². The molecule has 0 atom stereocenters. The van der Waals surface area contributed by atoms with Crippen LogP contribution in [0.3, 0.4) is 0 Å². The van der Waals surface area contributed by atoms with Crippen molar-refractivity contribution in [3.8, 4) is 10.9 Å². The fraction of sp³-hybridized carbons (Fsp3) is 0.138. The first kappa shape index (κ1) is 22.7. The van der Waals surface area contributed by atoms with E-state index in [0.717, 1.165) is 27.8 Å². The molecule has 0 bridgehead atoms. The van der Waals surface area contributed by atoms with Crippen LogP contribution in [0, 0.1) is 6.92 Å². The van der Waals surface area contributed by atoms with Crippen molar-refractivity contribution in [3.05, 3.63) is 123 Å². The number of carbonyl (C=O) groups is 1. The van der Waals surface area contributed by atoms with Crippen LogP contribution in [0.25, 0.3) is 16.0 Å². The molecule has 2 aromatic heterocycles. The standard InChI is InChI=1S/C29H24N2O3S/c1-20-28(26(32)16-12-21-8-4-2-5-9-21)35-29(30-20)31-25-15-14-24(18-23(25)13-17-27(31)33)34-19-22-10-6-3-7-11-22/h2-11,13-15,17-18H,12,16,19H2,1H3. The number of hydrogen-bond donors (Lipinski definition) is 0. The summed E-state index contributed by atoms with van der Waals surface area (Å²) in [6.07, 6.45) is 1.07. The summed E-state index contributed by atoms with van der Waals surface area (Å²) in [5.41, 5.74) is 3.39. The van der Waals surface area contributed by atoms with Crippen molar-refractivity contribution in [2.75, 3.05) is 0 Å². The van der Waals surface area contributed by atoms with E-state index in [1.54, 1.807) is 10.6 Å². The minimum Gasteiger partial charge on any atom is -0.489 e. The van der Waals surface area contributed by atoms with Crippen LogP contribution in [-0.4, -0.2) is 15.3 Å². The van der Waals surface area contributed by atoms with E-state index >= 15 is 0 Å². The maximum atomic E-state index is 12.9. The molecule has 0 saturated heterocycles. The molecule has 0 aliphatic carbocycles. The van der Waals surface area contributed by atoms with Gasteiger partial charge in [0.25, 0.3) is 5.56 Å². The summed E-state index contributed by atoms with van der Waals surface area (Å²) in [6.45, 7) is 2.29. The molecule has 0 N–H and O–H groups in total. The van der Waals surface area contributed by atoms with E-state index in [1.807, 2.05) is 85.8 Å². The molecule has 5 aromatic rings. The first-order chi connectivity index (χ1) is 17.1. The van der Waals surface area contributed by atoms with Crippen LogP contribution in [-0.2, 0) is 13.0 Å². The summed E-state index contributed by atoms with van der Waals surface area (Å²) in [6, 6.07) is 28.9. The first-order valence-corrected chi connectivity index (χ1v) is 12.3. The lowest BCUT2D eigenvalue weighted by Crippen LogP contribution is -2.17. The summed E-state index contributed by atoms with van der Waals surface area (Å²) in [5, 5.41) is 1.36. The molecule has 2 heterocycles. The van der Waals surface area contributed by atoms with E-state index in [-0.39, 0.29) is 11.3 Å². The SMILES string of the molecule is Cc1nc(-n2c(=O)ccc3cc(OCc4ccccc4)ccc32)sc1C(=O)CCc1ccccc1. The number of ketones is 1. The fourth-order valence-electron chi connectivity index (χ4n) is 4.00. The van der Waals surface area contributed by atoms with Gasteiger partial charge < -0.3 is 4.74 Å². The lowest BCUT2D eigenvalue weighted by Gasteiger charge is -2.10. The molecule has 3 aromatic carbocycles. The fourth-order valence-corrected chi connectivity index (χ4v) is 5.06. The van der Waals surface area contributed by atoms with Crippen LogP contribution >= 0.6 is 11.3 Å². The van der Waals surface area contributed by atoms with E-state index in [9.17, 15) is 9.59 Å². The second kappa shape index (κ2) is 10.1. The highest BCUT2D eigenvalue weighted by Crippen LogP contribution is 2.27. The average molecular weight is 481 g/mol. The number of fused-ring (bicyclic) bond motifs is 1. The topological polar surface area (TPSA) is 61.2 Å². The molecule has 5 rings (SSSR count). The molecule has 0 saturated carbocycles. The van der Waals surface area contributed by atoms with E-state index < -0.39 is 0 Å². The van der Waals surface area contributed by atoms with Gasteiger partial charge in [-0.05, 0) is 48.7 Å². The average Bonchev–Trinajstić information content (AvgIpc) is 3.28. The second-order valence-corrected chi connectivity index (χ2v) is 9.30. The number of carbonyl (C=O) groups excluding carboxylic acids is 1. The van der Waals surface area contributed by atoms with Crippen molar-refractivity contribution >= 4 is 28.0 Å². The molecule has 0 amide bonds. The summed E-state index contributed by atoms with van der Waals surface area (Å²) in [7, 11) is 0. The maximum Gasteiger partial charge on any atom is 0.257 e. The van der Waals surface area contributed by atoms with Gasteiger partial charge in [-0.3, -0.25) is 14.2 Å². The Kier molecular flexibility index (Phi) is 6.55. The zero-order valence-electron chi connectivity index (χ0n) is 19.3. The molecule has 174 valence electrons. The number of benzene rings is 3. The van der Waals surface area contributed by atoms with Crippen LogP contribution in [0.4, 0.5) is 0 Å². The molecule has 6 heteroatoms. The third-order valence-corrected chi connectivity index (χ3v) is 7.01. The first-order valence-electron chi connectivity index (χ1n) is 11.5. The van der Waals surface area contributed by atoms with Gasteiger partial charge in [0.1, 0.15) is 12.4 Å². The smallest absolute Gasteiger partial charge is 0.257 e. The molecule has 0 fully saturated rings. The maximum absolute atomic E-state index is 12.9. The van der Waals surface area contributed by atoms with Crippen molar-refractivity contribution in [2.24, 2.45) is 0 Å². The minimum absolute atomic E-state index is 0.0417. The van der Waals surface area contributed by atoms with Crippen molar-refractivity contribution < 1.29 is 9.53 Å². The van der Waals surface area contributed by atoms with Gasteiger partial charge in [-0.15, -0.1) is 0 Å². The number of rotatable bonds is 8. The number of Topliss-reactive ketones (excluding diaryl/α,β-unsaturated/α-hetero) is 1. The van der Waals surface area contributed by atoms with E-state index in [1.165, 1.54) is 17.4 Å². The molecule has 0 aliphatic rings. The number of nitrogens with zero attached hydrogens (tertiary/aromatic N) is 2. The highest BCUT2D eigenvalue weighted by atomic mass is 32.1. The summed E-state index contributed by atoms with van der Waals surface area (Å²) in [5.74, 6) is 0.763. The van der Waals surface area contributed by atoms with Gasteiger partial charge in [0.15, 0.2) is 10.9 Å². The summed E-state index contributed by atoms with van der Waals surface area (Å²) in [4.78, 5) is 31.0. The quantitative estimate of drug-likeness (QED) is 0.250. The Balaban J connectivity index is 1.40. The lowest BCUT2D eigenvalue weighted by atomic mass is 10.1. The van der Waals surface area contributed by atoms with Gasteiger partial charge in [-0.1, -0.05) is 72.0 Å². The highest BCUT2D eigenvalue weighted by molar-refractivity contribution is 7.16. The number of ether oxygens (including phenoxy) is 1. The van der Waals surface area contributed by atoms with Gasteiger partial charge in [0, 0.05) is 17.9 Å². The van der Waals surface area contributed by atoms with Crippen molar-refractivity contribution in [2.45, 2.75) is 26.4 Å². The predicted octanol–water partition coefficient (Wildman–Crippen LogP) is 6.15. The van der Waals surface area contributed by atoms with Gasteiger partial charge in [-0.25, -0.2) is 4.98 Å². The predicted molar refractivity (Wildman–Crippen MR) is 140 cm³/mol. The van der Waals surface area contributed by atoms with E-state index in [0.29, 0.717) is 35.2 Å². The van der Waals surface area contributed by atoms with Crippen molar-refractivity contribution in [3.63, 3.8) is 0 Å². The third-order valence-electron chi connectivity index (χ3n) is 5.83. The van der Waals surface area contributed by atoms with E-state index in [2.05, 4.69) is 4.98 Å². The van der Waals surface area contributed by atoms with Gasteiger partial charge in [0.2, 0.25) is 0 Å². The number of pyridine rings is 1. The largest absolute Gasteiger partial charge is 0.489 e. The molecule has 35 heavy (non-hydrogen) atoms. The van der Waals surface area contributed by atoms with E-state index in [4.69, 9.17) is 4.74 Å². The monoisotopic (exact) mass is 480 g/mol. The summed E-state index contributed by atoms with van der Waals surface area (Å²) >= 11 is 1.27. The Morgan fingerprint density at radius 3 is 2.37 bits per heavy atom. The zero-order chi connectivity index (χ0) is 24.2. The molecular formula is C29H24N2O3S. The van der Waals surface area contributed by atoms with Crippen molar-refractivity contribution in [1.29, 1.82) is 0 Å². The lowest BCUT2D eigenvalue weighted by molar-refractivity contribution is 0.0986. The zero-order valence-corrected chi connectivity index (χ0v) is 20.1. The van der Waals surface area contributed by atoms with Crippen molar-refractivity contribution in [1.82, 2.24) is 9.55 Å². The molecule has 0 unspecified atom stereocenters.